The predicted molar refractivity (Wildman–Crippen MR) is 119 cm³/mol. The number of hydrogen-bond donors (Lipinski definition) is 0. The van der Waals surface area contributed by atoms with Crippen molar-refractivity contribution in [1.29, 1.82) is 0 Å². The van der Waals surface area contributed by atoms with Crippen LogP contribution in [0.15, 0.2) is 41.1 Å². The van der Waals surface area contributed by atoms with Crippen molar-refractivity contribution in [2.24, 2.45) is 10.8 Å². The van der Waals surface area contributed by atoms with Gasteiger partial charge in [-0.1, -0.05) is 6.07 Å². The van der Waals surface area contributed by atoms with Gasteiger partial charge in [-0.25, -0.2) is 0 Å². The van der Waals surface area contributed by atoms with E-state index in [4.69, 9.17) is 4.42 Å². The second-order valence-electron chi connectivity index (χ2n) is 9.79. The third-order valence-electron chi connectivity index (χ3n) is 8.04. The number of carbonyl (C=O) groups excluding carboxylic acids is 1. The highest BCUT2D eigenvalue weighted by Gasteiger charge is 2.64. The average molecular weight is 423 g/mol. The van der Waals surface area contributed by atoms with E-state index in [1.807, 2.05) is 31.5 Å². The fraction of sp³-hybridized carbons (Fsp3) is 0.600. The van der Waals surface area contributed by atoms with E-state index >= 15 is 0 Å². The number of pyridine rings is 1. The first-order chi connectivity index (χ1) is 15.0. The molecule has 0 N–H and O–H groups in total. The second-order valence-corrected chi connectivity index (χ2v) is 9.79. The molecule has 6 nitrogen and oxygen atoms in total. The summed E-state index contributed by atoms with van der Waals surface area (Å²) >= 11 is 0. The van der Waals surface area contributed by atoms with Gasteiger partial charge < -0.3 is 9.32 Å². The smallest absolute Gasteiger partial charge is 0.230 e. The summed E-state index contributed by atoms with van der Waals surface area (Å²) in [7, 11) is 0. The fourth-order valence-electron chi connectivity index (χ4n) is 6.39. The number of fused-ring (bicyclic) bond motifs is 1. The van der Waals surface area contributed by atoms with Gasteiger partial charge in [-0.05, 0) is 70.0 Å². The molecule has 6 heteroatoms. The first-order valence-corrected chi connectivity index (χ1v) is 11.7. The summed E-state index contributed by atoms with van der Waals surface area (Å²) in [6.45, 7) is 11.5. The Morgan fingerprint density at radius 2 is 1.87 bits per heavy atom. The molecule has 5 heterocycles. The molecule has 31 heavy (non-hydrogen) atoms. The number of amides is 1. The molecule has 2 aromatic heterocycles. The third-order valence-corrected chi connectivity index (χ3v) is 8.04. The molecule has 3 fully saturated rings. The Bertz CT molecular complexity index is 919. The number of likely N-dealkylation sites (tertiary alicyclic amines) is 3. The van der Waals surface area contributed by atoms with Gasteiger partial charge in [-0.3, -0.25) is 19.6 Å². The van der Waals surface area contributed by atoms with Crippen molar-refractivity contribution in [2.75, 3.05) is 39.3 Å². The highest BCUT2D eigenvalue weighted by molar-refractivity contribution is 5.86. The van der Waals surface area contributed by atoms with E-state index in [0.29, 0.717) is 5.91 Å². The van der Waals surface area contributed by atoms with E-state index in [1.54, 1.807) is 0 Å². The third kappa shape index (κ3) is 3.60. The molecule has 0 unspecified atom stereocenters. The monoisotopic (exact) mass is 422 g/mol. The molecule has 5 rings (SSSR count). The Kier molecular flexibility index (Phi) is 5.39. The zero-order chi connectivity index (χ0) is 21.5. The molecule has 3 aliphatic rings. The summed E-state index contributed by atoms with van der Waals surface area (Å²) in [5, 5.41) is 0. The van der Waals surface area contributed by atoms with Crippen LogP contribution >= 0.6 is 0 Å². The Hall–Kier alpha value is -2.18. The fourth-order valence-corrected chi connectivity index (χ4v) is 6.39. The van der Waals surface area contributed by atoms with Crippen LogP contribution in [0, 0.1) is 17.8 Å². The van der Waals surface area contributed by atoms with E-state index in [9.17, 15) is 4.79 Å². The minimum Gasteiger partial charge on any atom is -0.465 e. The largest absolute Gasteiger partial charge is 0.465 e. The van der Waals surface area contributed by atoms with Crippen molar-refractivity contribution in [3.8, 4) is 0 Å². The molecule has 1 amide bonds. The van der Waals surface area contributed by atoms with Crippen molar-refractivity contribution in [2.45, 2.75) is 46.2 Å². The van der Waals surface area contributed by atoms with E-state index in [2.05, 4.69) is 38.7 Å². The van der Waals surface area contributed by atoms with Crippen LogP contribution in [0.5, 0.6) is 0 Å². The van der Waals surface area contributed by atoms with Crippen LogP contribution in [-0.4, -0.2) is 64.9 Å². The van der Waals surface area contributed by atoms with Gasteiger partial charge in [0, 0.05) is 50.5 Å². The molecule has 1 atom stereocenters. The lowest BCUT2D eigenvalue weighted by atomic mass is 9.60. The van der Waals surface area contributed by atoms with Crippen LogP contribution in [0.1, 0.15) is 43.3 Å². The van der Waals surface area contributed by atoms with Gasteiger partial charge in [-0.2, -0.15) is 0 Å². The first-order valence-electron chi connectivity index (χ1n) is 11.7. The van der Waals surface area contributed by atoms with Crippen molar-refractivity contribution in [1.82, 2.24) is 19.7 Å². The van der Waals surface area contributed by atoms with Gasteiger partial charge >= 0.3 is 0 Å². The van der Waals surface area contributed by atoms with E-state index in [1.165, 1.54) is 5.56 Å². The van der Waals surface area contributed by atoms with Crippen molar-refractivity contribution < 1.29 is 9.21 Å². The number of aromatic nitrogens is 1. The minimum absolute atomic E-state index is 0.0752. The number of rotatable bonds is 5. The number of nitrogens with zero attached hydrogens (tertiary/aromatic N) is 4. The summed E-state index contributed by atoms with van der Waals surface area (Å²) < 4.78 is 5.81. The van der Waals surface area contributed by atoms with Crippen LogP contribution in [-0.2, 0) is 17.9 Å². The second kappa shape index (κ2) is 8.06. The summed E-state index contributed by atoms with van der Waals surface area (Å²) in [6, 6.07) is 8.28. The van der Waals surface area contributed by atoms with Gasteiger partial charge in [0.25, 0.3) is 0 Å². The van der Waals surface area contributed by atoms with Gasteiger partial charge in [-0.15, -0.1) is 0 Å². The lowest BCUT2D eigenvalue weighted by Crippen LogP contribution is -2.52. The Morgan fingerprint density at radius 1 is 1.03 bits per heavy atom. The number of hydrogen-bond acceptors (Lipinski definition) is 5. The molecule has 0 radical (unpaired) electrons. The van der Waals surface area contributed by atoms with Gasteiger partial charge in [0.1, 0.15) is 11.5 Å². The van der Waals surface area contributed by atoms with Crippen LogP contribution < -0.4 is 0 Å². The zero-order valence-corrected chi connectivity index (χ0v) is 18.8. The normalized spacial score (nSPS) is 26.5. The lowest BCUT2D eigenvalue weighted by molar-refractivity contribution is -0.142. The van der Waals surface area contributed by atoms with Crippen molar-refractivity contribution >= 4 is 5.91 Å². The van der Waals surface area contributed by atoms with E-state index < -0.39 is 0 Å². The summed E-state index contributed by atoms with van der Waals surface area (Å²) in [4.78, 5) is 25.1. The summed E-state index contributed by atoms with van der Waals surface area (Å²) in [5.74, 6) is 2.42. The molecule has 3 aliphatic heterocycles. The van der Waals surface area contributed by atoms with Crippen molar-refractivity contribution in [3.63, 3.8) is 0 Å². The maximum absolute atomic E-state index is 13.7. The first kappa shape index (κ1) is 20.7. The highest BCUT2D eigenvalue weighted by atomic mass is 16.3. The SMILES string of the molecule is CCN1CC[C@@]2(CN(Cc3cccnc3)CC23CCN(Cc2ccc(C)o2)CC3)C1=O. The summed E-state index contributed by atoms with van der Waals surface area (Å²) in [6.07, 6.45) is 6.95. The van der Waals surface area contributed by atoms with Gasteiger partial charge in [0.2, 0.25) is 5.91 Å². The molecule has 0 aliphatic carbocycles. The van der Waals surface area contributed by atoms with Gasteiger partial charge in [0.05, 0.1) is 12.0 Å². The molecule has 0 saturated carbocycles. The quantitative estimate of drug-likeness (QED) is 0.740. The molecule has 0 aromatic carbocycles. The van der Waals surface area contributed by atoms with Crippen LogP contribution in [0.2, 0.25) is 0 Å². The molecule has 166 valence electrons. The van der Waals surface area contributed by atoms with Crippen molar-refractivity contribution in [3.05, 3.63) is 53.7 Å². The molecular weight excluding hydrogens is 388 g/mol. The number of furan rings is 1. The Morgan fingerprint density at radius 3 is 2.52 bits per heavy atom. The highest BCUT2D eigenvalue weighted by Crippen LogP contribution is 2.58. The number of carbonyl (C=O) groups is 1. The molecular formula is C25H34N4O2. The van der Waals surface area contributed by atoms with Crippen LogP contribution in [0.25, 0.3) is 0 Å². The minimum atomic E-state index is -0.224. The Balaban J connectivity index is 1.35. The number of piperidine rings is 1. The maximum atomic E-state index is 13.7. The molecule has 2 aromatic rings. The predicted octanol–water partition coefficient (Wildman–Crippen LogP) is 3.32. The standard InChI is InChI=1S/C25H34N4O2/c1-3-29-14-10-25(23(29)30)19-28(16-21-5-4-11-26-15-21)18-24(25)8-12-27(13-9-24)17-22-7-6-20(2)31-22/h4-7,11,15H,3,8-10,12-14,16-19H2,1-2H3/t25-/m1/s1. The van der Waals surface area contributed by atoms with E-state index in [0.717, 1.165) is 83.1 Å². The topological polar surface area (TPSA) is 52.8 Å². The van der Waals surface area contributed by atoms with Gasteiger partial charge in [0.15, 0.2) is 0 Å². The Labute approximate surface area is 185 Å². The maximum Gasteiger partial charge on any atom is 0.230 e. The molecule has 2 spiro atoms. The molecule has 0 bridgehead atoms. The summed E-state index contributed by atoms with van der Waals surface area (Å²) in [5.41, 5.74) is 1.09. The van der Waals surface area contributed by atoms with E-state index in [-0.39, 0.29) is 10.8 Å². The van der Waals surface area contributed by atoms with Crippen LogP contribution in [0.4, 0.5) is 0 Å². The lowest BCUT2D eigenvalue weighted by Gasteiger charge is -2.47. The molecule has 3 saturated heterocycles. The van der Waals surface area contributed by atoms with Crippen LogP contribution in [0.3, 0.4) is 0 Å². The zero-order valence-electron chi connectivity index (χ0n) is 18.8. The average Bonchev–Trinajstić information content (AvgIpc) is 3.42. The number of aryl methyl sites for hydroxylation is 1.